The van der Waals surface area contributed by atoms with Crippen molar-refractivity contribution in [2.45, 2.75) is 71.1 Å². The van der Waals surface area contributed by atoms with Gasteiger partial charge < -0.3 is 9.80 Å². The van der Waals surface area contributed by atoms with E-state index in [-0.39, 0.29) is 16.2 Å². The zero-order chi connectivity index (χ0) is 43.2. The monoisotopic (exact) mass is 818 g/mol. The van der Waals surface area contributed by atoms with Gasteiger partial charge in [-0.2, -0.15) is 0 Å². The predicted octanol–water partition coefficient (Wildman–Crippen LogP) is 17.1. The molecule has 0 aromatic heterocycles. The second kappa shape index (κ2) is 16.2. The van der Waals surface area contributed by atoms with Gasteiger partial charge in [-0.1, -0.05) is 174 Å². The van der Waals surface area contributed by atoms with E-state index in [0.717, 1.165) is 35.6 Å². The fourth-order valence-corrected chi connectivity index (χ4v) is 10.9. The lowest BCUT2D eigenvalue weighted by Gasteiger charge is -2.46. The molecule has 10 rings (SSSR count). The zero-order valence-corrected chi connectivity index (χ0v) is 37.4. The van der Waals surface area contributed by atoms with Crippen LogP contribution in [0.3, 0.4) is 0 Å². The fraction of sp³-hybridized carbons (Fsp3) is 0.213. The van der Waals surface area contributed by atoms with Crippen molar-refractivity contribution in [1.29, 1.82) is 0 Å². The van der Waals surface area contributed by atoms with Crippen LogP contribution in [0.4, 0.5) is 34.1 Å². The number of benzene rings is 8. The minimum absolute atomic E-state index is 0.0969. The molecule has 2 atom stereocenters. The molecule has 312 valence electrons. The fourth-order valence-electron chi connectivity index (χ4n) is 10.9. The molecule has 2 heteroatoms. The number of para-hydroxylation sites is 2. The average Bonchev–Trinajstić information content (AvgIpc) is 3.55. The third-order valence-corrected chi connectivity index (χ3v) is 14.4. The van der Waals surface area contributed by atoms with Gasteiger partial charge in [0.25, 0.3) is 0 Å². The van der Waals surface area contributed by atoms with E-state index in [1.165, 1.54) is 68.7 Å². The highest BCUT2D eigenvalue weighted by atomic mass is 15.1. The van der Waals surface area contributed by atoms with Gasteiger partial charge in [-0.05, 0) is 148 Å². The summed E-state index contributed by atoms with van der Waals surface area (Å²) in [4.78, 5) is 4.82. The van der Waals surface area contributed by atoms with Crippen molar-refractivity contribution in [1.82, 2.24) is 0 Å². The standard InChI is InChI=1S/C61H58N2/c1-59(2,3)48-20-17-41-61(43-48,46-29-35-52(36-30-46)62(49-21-11-7-12-22-49)50-23-13-8-14-24-50)47-31-37-53(38-32-47)63(51-33-27-45(28-34-51)44-18-9-6-10-19-44)54-39-40-56-55-25-15-16-26-57(55)60(4,5)58(56)42-54/h6-16,18-19,21-40,42,48H,17,20,41,43H2,1-5H3. The molecule has 0 amide bonds. The van der Waals surface area contributed by atoms with Gasteiger partial charge >= 0.3 is 0 Å². The summed E-state index contributed by atoms with van der Waals surface area (Å²) in [6, 6.07) is 76.5. The Morgan fingerprint density at radius 2 is 0.857 bits per heavy atom. The van der Waals surface area contributed by atoms with Gasteiger partial charge in [-0.15, -0.1) is 0 Å². The summed E-state index contributed by atoms with van der Waals surface area (Å²) < 4.78 is 0. The molecule has 0 saturated heterocycles. The van der Waals surface area contributed by atoms with Gasteiger partial charge in [0, 0.05) is 45.0 Å². The largest absolute Gasteiger partial charge is 0.311 e. The first-order valence-electron chi connectivity index (χ1n) is 22.9. The third-order valence-electron chi connectivity index (χ3n) is 14.4. The molecule has 2 unspecified atom stereocenters. The van der Waals surface area contributed by atoms with E-state index in [4.69, 9.17) is 0 Å². The van der Waals surface area contributed by atoms with Gasteiger partial charge in [0.05, 0.1) is 0 Å². The summed E-state index contributed by atoms with van der Waals surface area (Å²) in [5, 5.41) is 0. The average molecular weight is 819 g/mol. The van der Waals surface area contributed by atoms with E-state index >= 15 is 0 Å². The molecule has 2 nitrogen and oxygen atoms in total. The van der Waals surface area contributed by atoms with Crippen molar-refractivity contribution in [2.24, 2.45) is 11.3 Å². The number of hydrogen-bond donors (Lipinski definition) is 0. The number of anilines is 6. The van der Waals surface area contributed by atoms with Crippen LogP contribution in [0, 0.1) is 11.3 Å². The maximum absolute atomic E-state index is 2.46. The zero-order valence-electron chi connectivity index (χ0n) is 37.4. The van der Waals surface area contributed by atoms with Crippen LogP contribution in [0.15, 0.2) is 206 Å². The maximum Gasteiger partial charge on any atom is 0.0465 e. The topological polar surface area (TPSA) is 6.48 Å². The van der Waals surface area contributed by atoms with E-state index in [1.807, 2.05) is 0 Å². The van der Waals surface area contributed by atoms with Gasteiger partial charge in [0.2, 0.25) is 0 Å². The van der Waals surface area contributed by atoms with Crippen LogP contribution in [0.5, 0.6) is 0 Å². The first kappa shape index (κ1) is 40.4. The van der Waals surface area contributed by atoms with Crippen molar-refractivity contribution in [3.05, 3.63) is 229 Å². The Kier molecular flexibility index (Phi) is 10.4. The van der Waals surface area contributed by atoms with Crippen molar-refractivity contribution in [3.63, 3.8) is 0 Å². The van der Waals surface area contributed by atoms with Gasteiger partial charge in [0.15, 0.2) is 0 Å². The Balaban J connectivity index is 1.06. The van der Waals surface area contributed by atoms with Crippen LogP contribution in [-0.2, 0) is 10.8 Å². The van der Waals surface area contributed by atoms with Gasteiger partial charge in [-0.3, -0.25) is 0 Å². The lowest BCUT2D eigenvalue weighted by molar-refractivity contribution is 0.137. The molecule has 0 radical (unpaired) electrons. The molecule has 1 fully saturated rings. The summed E-state index contributed by atoms with van der Waals surface area (Å²) in [6.45, 7) is 12.1. The molecule has 0 bridgehead atoms. The number of fused-ring (bicyclic) bond motifs is 3. The van der Waals surface area contributed by atoms with Crippen molar-refractivity contribution in [3.8, 4) is 22.3 Å². The highest BCUT2D eigenvalue weighted by Gasteiger charge is 2.43. The molecular formula is C61H58N2. The Labute approximate surface area is 375 Å². The Bertz CT molecular complexity index is 2780. The molecule has 2 aliphatic carbocycles. The molecule has 63 heavy (non-hydrogen) atoms. The summed E-state index contributed by atoms with van der Waals surface area (Å²) in [7, 11) is 0. The van der Waals surface area contributed by atoms with E-state index in [1.54, 1.807) is 0 Å². The summed E-state index contributed by atoms with van der Waals surface area (Å²) in [5.41, 5.74) is 17.7. The predicted molar refractivity (Wildman–Crippen MR) is 267 cm³/mol. The van der Waals surface area contributed by atoms with Crippen LogP contribution < -0.4 is 9.80 Å². The third kappa shape index (κ3) is 7.46. The summed E-state index contributed by atoms with van der Waals surface area (Å²) in [5.74, 6) is 0.606. The SMILES string of the molecule is CC1(C)c2ccccc2-c2ccc(N(c3ccc(-c4ccccc4)cc3)c3ccc(C4(c5ccc(N(c6ccccc6)c6ccccc6)cc5)CCCC(C(C)(C)C)C4)cc3)cc21. The van der Waals surface area contributed by atoms with Crippen LogP contribution in [0.25, 0.3) is 22.3 Å². The maximum atomic E-state index is 2.46. The van der Waals surface area contributed by atoms with Crippen LogP contribution >= 0.6 is 0 Å². The molecule has 0 spiro atoms. The summed E-state index contributed by atoms with van der Waals surface area (Å²) in [6.07, 6.45) is 4.73. The first-order valence-corrected chi connectivity index (χ1v) is 22.9. The highest BCUT2D eigenvalue weighted by molar-refractivity contribution is 5.86. The molecule has 2 aliphatic rings. The smallest absolute Gasteiger partial charge is 0.0465 e. The lowest BCUT2D eigenvalue weighted by Crippen LogP contribution is -2.38. The molecule has 1 saturated carbocycles. The lowest BCUT2D eigenvalue weighted by atomic mass is 9.58. The second-order valence-electron chi connectivity index (χ2n) is 19.5. The molecule has 0 aliphatic heterocycles. The normalized spacial score (nSPS) is 17.7. The molecule has 0 N–H and O–H groups in total. The Hall–Kier alpha value is -6.64. The van der Waals surface area contributed by atoms with Gasteiger partial charge in [0.1, 0.15) is 0 Å². The quantitative estimate of drug-likeness (QED) is 0.143. The first-order chi connectivity index (χ1) is 30.6. The van der Waals surface area contributed by atoms with Crippen LogP contribution in [0.2, 0.25) is 0 Å². The minimum atomic E-state index is -0.108. The minimum Gasteiger partial charge on any atom is -0.311 e. The van der Waals surface area contributed by atoms with E-state index in [0.29, 0.717) is 5.92 Å². The number of rotatable bonds is 9. The van der Waals surface area contributed by atoms with Crippen molar-refractivity contribution in [2.75, 3.05) is 9.80 Å². The van der Waals surface area contributed by atoms with E-state index in [2.05, 4.69) is 251 Å². The van der Waals surface area contributed by atoms with E-state index < -0.39 is 0 Å². The summed E-state index contributed by atoms with van der Waals surface area (Å²) >= 11 is 0. The number of nitrogens with zero attached hydrogens (tertiary/aromatic N) is 2. The molecule has 8 aromatic carbocycles. The molecule has 0 heterocycles. The molecule has 8 aromatic rings. The van der Waals surface area contributed by atoms with E-state index in [9.17, 15) is 0 Å². The number of hydrogen-bond acceptors (Lipinski definition) is 2. The molecular weight excluding hydrogens is 761 g/mol. The van der Waals surface area contributed by atoms with Crippen LogP contribution in [-0.4, -0.2) is 0 Å². The second-order valence-corrected chi connectivity index (χ2v) is 19.5. The highest BCUT2D eigenvalue weighted by Crippen LogP contribution is 2.53. The van der Waals surface area contributed by atoms with Crippen molar-refractivity contribution < 1.29 is 0 Å². The Morgan fingerprint density at radius 1 is 0.429 bits per heavy atom. The van der Waals surface area contributed by atoms with Crippen LogP contribution in [0.1, 0.15) is 82.6 Å². The van der Waals surface area contributed by atoms with Gasteiger partial charge in [-0.25, -0.2) is 0 Å². The van der Waals surface area contributed by atoms with Crippen molar-refractivity contribution >= 4 is 34.1 Å². The Morgan fingerprint density at radius 3 is 1.41 bits per heavy atom.